The molecule has 4 nitrogen and oxygen atoms in total. The normalized spacial score (nSPS) is 12.9. The summed E-state index contributed by atoms with van der Waals surface area (Å²) >= 11 is 5.87. The van der Waals surface area contributed by atoms with E-state index in [2.05, 4.69) is 17.1 Å². The van der Waals surface area contributed by atoms with Crippen LogP contribution >= 0.6 is 11.6 Å². The van der Waals surface area contributed by atoms with Crippen LogP contribution in [0.3, 0.4) is 0 Å². The lowest BCUT2D eigenvalue weighted by Gasteiger charge is -2.24. The van der Waals surface area contributed by atoms with Crippen molar-refractivity contribution in [1.82, 2.24) is 4.90 Å². The Morgan fingerprint density at radius 1 is 1.35 bits per heavy atom. The molecule has 1 aromatic carbocycles. The summed E-state index contributed by atoms with van der Waals surface area (Å²) in [7, 11) is 2.09. The molecule has 112 valence electrons. The predicted molar refractivity (Wildman–Crippen MR) is 84.2 cm³/mol. The van der Waals surface area contributed by atoms with Gasteiger partial charge in [-0.15, -0.1) is 0 Å². The van der Waals surface area contributed by atoms with Gasteiger partial charge >= 0.3 is 0 Å². The van der Waals surface area contributed by atoms with Crippen molar-refractivity contribution in [2.45, 2.75) is 33.2 Å². The lowest BCUT2D eigenvalue weighted by atomic mass is 9.86. The predicted octanol–water partition coefficient (Wildman–Crippen LogP) is 3.32. The summed E-state index contributed by atoms with van der Waals surface area (Å²) in [6.45, 7) is 5.83. The third-order valence-electron chi connectivity index (χ3n) is 3.51. The average Bonchev–Trinajstić information content (AvgIpc) is 2.40. The van der Waals surface area contributed by atoms with Gasteiger partial charge in [-0.2, -0.15) is 0 Å². The number of nitrogens with zero attached hydrogens (tertiary/aromatic N) is 2. The van der Waals surface area contributed by atoms with Crippen LogP contribution in [0.25, 0.3) is 0 Å². The monoisotopic (exact) mass is 297 g/mol. The minimum atomic E-state index is -0.268. The number of hydrogen-bond acceptors (Lipinski definition) is 3. The first kappa shape index (κ1) is 16.8. The molecule has 5 heteroatoms. The smallest absolute Gasteiger partial charge is 0.144 e. The van der Waals surface area contributed by atoms with Crippen LogP contribution < -0.4 is 5.73 Å². The SMILES string of the molecule is CN(CCCC(C)(C)C(N)=NO)Cc1ccc(Cl)cc1. The summed E-state index contributed by atoms with van der Waals surface area (Å²) in [6.07, 6.45) is 1.88. The average molecular weight is 298 g/mol. The van der Waals surface area contributed by atoms with Crippen molar-refractivity contribution < 1.29 is 5.21 Å². The maximum atomic E-state index is 8.74. The van der Waals surface area contributed by atoms with E-state index < -0.39 is 0 Å². The second kappa shape index (κ2) is 7.50. The Labute approximate surface area is 126 Å². The van der Waals surface area contributed by atoms with E-state index in [1.54, 1.807) is 0 Å². The molecule has 0 fully saturated rings. The second-order valence-electron chi connectivity index (χ2n) is 5.84. The van der Waals surface area contributed by atoms with Gasteiger partial charge in [0.1, 0.15) is 5.84 Å². The molecular formula is C15H24ClN3O. The van der Waals surface area contributed by atoms with Crippen LogP contribution in [0, 0.1) is 5.41 Å². The van der Waals surface area contributed by atoms with E-state index in [-0.39, 0.29) is 11.3 Å². The molecule has 0 aliphatic carbocycles. The molecule has 1 rings (SSSR count). The van der Waals surface area contributed by atoms with Gasteiger partial charge in [-0.1, -0.05) is 42.7 Å². The molecule has 0 unspecified atom stereocenters. The molecule has 0 saturated heterocycles. The molecule has 1 aromatic rings. The van der Waals surface area contributed by atoms with Crippen LogP contribution in [-0.4, -0.2) is 29.5 Å². The van der Waals surface area contributed by atoms with E-state index in [1.807, 2.05) is 38.1 Å². The van der Waals surface area contributed by atoms with Gasteiger partial charge < -0.3 is 15.8 Å². The molecule has 0 aliphatic heterocycles. The molecule has 20 heavy (non-hydrogen) atoms. The van der Waals surface area contributed by atoms with E-state index in [0.29, 0.717) is 0 Å². The van der Waals surface area contributed by atoms with Gasteiger partial charge in [-0.3, -0.25) is 0 Å². The number of oxime groups is 1. The Kier molecular flexibility index (Phi) is 6.30. The summed E-state index contributed by atoms with van der Waals surface area (Å²) in [5.74, 6) is 0.290. The highest BCUT2D eigenvalue weighted by Crippen LogP contribution is 2.22. The Balaban J connectivity index is 2.37. The van der Waals surface area contributed by atoms with Crippen molar-refractivity contribution in [3.63, 3.8) is 0 Å². The van der Waals surface area contributed by atoms with Crippen molar-refractivity contribution in [2.24, 2.45) is 16.3 Å². The quantitative estimate of drug-likeness (QED) is 0.351. The second-order valence-corrected chi connectivity index (χ2v) is 6.27. The van der Waals surface area contributed by atoms with Crippen LogP contribution in [-0.2, 0) is 6.54 Å². The lowest BCUT2D eigenvalue weighted by Crippen LogP contribution is -2.32. The molecule has 0 saturated carbocycles. The molecular weight excluding hydrogens is 274 g/mol. The fourth-order valence-corrected chi connectivity index (χ4v) is 2.16. The number of amidine groups is 1. The van der Waals surface area contributed by atoms with E-state index in [4.69, 9.17) is 22.5 Å². The van der Waals surface area contributed by atoms with Crippen molar-refractivity contribution in [1.29, 1.82) is 0 Å². The lowest BCUT2D eigenvalue weighted by molar-refractivity contribution is 0.287. The summed E-state index contributed by atoms with van der Waals surface area (Å²) in [5.41, 5.74) is 6.65. The van der Waals surface area contributed by atoms with Crippen molar-refractivity contribution in [2.75, 3.05) is 13.6 Å². The molecule has 0 bridgehead atoms. The minimum absolute atomic E-state index is 0.268. The van der Waals surface area contributed by atoms with Gasteiger partial charge in [0.25, 0.3) is 0 Å². The minimum Gasteiger partial charge on any atom is -0.409 e. The van der Waals surface area contributed by atoms with E-state index >= 15 is 0 Å². The highest BCUT2D eigenvalue weighted by Gasteiger charge is 2.23. The number of halogens is 1. The van der Waals surface area contributed by atoms with Crippen LogP contribution in [0.5, 0.6) is 0 Å². The molecule has 0 radical (unpaired) electrons. The molecule has 3 N–H and O–H groups in total. The topological polar surface area (TPSA) is 61.8 Å². The zero-order valence-electron chi connectivity index (χ0n) is 12.4. The maximum absolute atomic E-state index is 8.74. The summed E-state index contributed by atoms with van der Waals surface area (Å²) in [4.78, 5) is 2.26. The third kappa shape index (κ3) is 5.39. The first-order valence-electron chi connectivity index (χ1n) is 6.76. The van der Waals surface area contributed by atoms with Gasteiger partial charge in [-0.05, 0) is 44.1 Å². The molecule has 0 aliphatic rings. The highest BCUT2D eigenvalue weighted by molar-refractivity contribution is 6.30. The van der Waals surface area contributed by atoms with Crippen molar-refractivity contribution in [3.05, 3.63) is 34.9 Å². The maximum Gasteiger partial charge on any atom is 0.144 e. The van der Waals surface area contributed by atoms with Gasteiger partial charge in [0.2, 0.25) is 0 Å². The van der Waals surface area contributed by atoms with Crippen molar-refractivity contribution in [3.8, 4) is 0 Å². The molecule has 0 heterocycles. The first-order chi connectivity index (χ1) is 9.35. The summed E-state index contributed by atoms with van der Waals surface area (Å²) in [5, 5.41) is 12.6. The van der Waals surface area contributed by atoms with Crippen molar-refractivity contribution >= 4 is 17.4 Å². The molecule has 0 amide bonds. The first-order valence-corrected chi connectivity index (χ1v) is 7.14. The van der Waals surface area contributed by atoms with Gasteiger partial charge in [-0.25, -0.2) is 0 Å². The fraction of sp³-hybridized carbons (Fsp3) is 0.533. The van der Waals surface area contributed by atoms with Crippen LogP contribution in [0.4, 0.5) is 0 Å². The Bertz CT molecular complexity index is 443. The van der Waals surface area contributed by atoms with Crippen LogP contribution in [0.1, 0.15) is 32.3 Å². The third-order valence-corrected chi connectivity index (χ3v) is 3.76. The number of rotatable bonds is 7. The van der Waals surface area contributed by atoms with Crippen LogP contribution in [0.15, 0.2) is 29.4 Å². The number of hydrogen-bond donors (Lipinski definition) is 2. The Hall–Kier alpha value is -1.26. The molecule has 0 spiro atoms. The summed E-state index contributed by atoms with van der Waals surface area (Å²) in [6, 6.07) is 7.90. The Morgan fingerprint density at radius 2 is 1.95 bits per heavy atom. The number of benzene rings is 1. The van der Waals surface area contributed by atoms with Gasteiger partial charge in [0, 0.05) is 17.0 Å². The van der Waals surface area contributed by atoms with E-state index in [1.165, 1.54) is 5.56 Å². The van der Waals surface area contributed by atoms with Gasteiger partial charge in [0.05, 0.1) is 0 Å². The number of nitrogens with two attached hydrogens (primary N) is 1. The van der Waals surface area contributed by atoms with E-state index in [9.17, 15) is 0 Å². The standard InChI is InChI=1S/C15H24ClN3O/c1-15(2,14(17)18-20)9-4-10-19(3)11-12-5-7-13(16)8-6-12/h5-8,20H,4,9-11H2,1-3H3,(H2,17,18). The van der Waals surface area contributed by atoms with Gasteiger partial charge in [0.15, 0.2) is 0 Å². The molecule has 0 aromatic heterocycles. The summed E-state index contributed by atoms with van der Waals surface area (Å²) < 4.78 is 0. The largest absolute Gasteiger partial charge is 0.409 e. The Morgan fingerprint density at radius 3 is 2.50 bits per heavy atom. The zero-order valence-corrected chi connectivity index (χ0v) is 13.2. The van der Waals surface area contributed by atoms with E-state index in [0.717, 1.165) is 31.0 Å². The zero-order chi connectivity index (χ0) is 15.2. The van der Waals surface area contributed by atoms with Crippen LogP contribution in [0.2, 0.25) is 5.02 Å². The molecule has 0 atom stereocenters. The fourth-order valence-electron chi connectivity index (χ4n) is 2.03. The highest BCUT2D eigenvalue weighted by atomic mass is 35.5.